The molecule has 0 spiro atoms. The van der Waals surface area contributed by atoms with E-state index in [4.69, 9.17) is 0 Å². The van der Waals surface area contributed by atoms with Crippen LogP contribution in [0.3, 0.4) is 0 Å². The van der Waals surface area contributed by atoms with E-state index in [0.29, 0.717) is 0 Å². The Morgan fingerprint density at radius 1 is 0.488 bits per heavy atom. The van der Waals surface area contributed by atoms with Gasteiger partial charge in [-0.2, -0.15) is 0 Å². The summed E-state index contributed by atoms with van der Waals surface area (Å²) in [6, 6.07) is 0. The highest BCUT2D eigenvalue weighted by molar-refractivity contribution is 5.84. The molecule has 0 aliphatic heterocycles. The highest BCUT2D eigenvalue weighted by Gasteiger charge is 2.13. The molecule has 0 fully saturated rings. The Bertz CT molecular complexity index is 475. The van der Waals surface area contributed by atoms with Crippen LogP contribution in [0.15, 0.2) is 12.7 Å². The monoisotopic (exact) mass is 645 g/mol. The van der Waals surface area contributed by atoms with Crippen LogP contribution in [0.2, 0.25) is 0 Å². The quantitative estimate of drug-likeness (QED) is 0.0458. The lowest BCUT2D eigenvalue weighted by molar-refractivity contribution is -0.890. The summed E-state index contributed by atoms with van der Waals surface area (Å²) in [6.07, 6.45) is 42.0. The van der Waals surface area contributed by atoms with Gasteiger partial charge in [0.25, 0.3) is 0 Å². The molecule has 0 rings (SSSR count). The largest absolute Gasteiger partial charge is 1.00 e. The van der Waals surface area contributed by atoms with E-state index < -0.39 is 5.91 Å². The molecule has 2 N–H and O–H groups in total. The van der Waals surface area contributed by atoms with Crippen molar-refractivity contribution in [1.82, 2.24) is 0 Å². The average molecular weight is 646 g/mol. The summed E-state index contributed by atoms with van der Waals surface area (Å²) in [6.45, 7) is 10.5. The maximum atomic E-state index is 9.47. The molecule has 0 aromatic rings. The van der Waals surface area contributed by atoms with Crippen LogP contribution in [0.5, 0.6) is 0 Å². The molecule has 1 amide bonds. The van der Waals surface area contributed by atoms with Crippen molar-refractivity contribution in [3.05, 3.63) is 12.7 Å². The van der Waals surface area contributed by atoms with Gasteiger partial charge in [0.05, 0.1) is 27.2 Å². The number of quaternary nitrogens is 1. The molecule has 248 valence electrons. The summed E-state index contributed by atoms with van der Waals surface area (Å²) in [4.78, 5) is 9.47. The number of nitrogens with two attached hydrogens (primary N) is 1. The Morgan fingerprint density at radius 3 is 0.829 bits per heavy atom. The van der Waals surface area contributed by atoms with E-state index in [1.165, 1.54) is 197 Å². The Morgan fingerprint density at radius 2 is 0.659 bits per heavy atom. The second kappa shape index (κ2) is 37.7. The van der Waals surface area contributed by atoms with Crippen LogP contribution >= 0.6 is 0 Å². The minimum Gasteiger partial charge on any atom is -1.00 e. The van der Waals surface area contributed by atoms with Gasteiger partial charge < -0.3 is 27.2 Å². The van der Waals surface area contributed by atoms with Crippen LogP contribution in [-0.2, 0) is 4.79 Å². The van der Waals surface area contributed by atoms with Gasteiger partial charge in [0.15, 0.2) is 0 Å². The fourth-order valence-electron chi connectivity index (χ4n) is 5.58. The molecular weight excluding hydrogens is 568 g/mol. The van der Waals surface area contributed by atoms with Gasteiger partial charge in [-0.1, -0.05) is 175 Å². The van der Waals surface area contributed by atoms with Gasteiger partial charge in [0.1, 0.15) is 0 Å². The van der Waals surface area contributed by atoms with Crippen molar-refractivity contribution in [2.45, 2.75) is 194 Å². The number of carbonyl (C=O) groups excluding carboxylic acids is 1. The molecule has 0 aromatic carbocycles. The van der Waals surface area contributed by atoms with Crippen LogP contribution in [0.25, 0.3) is 0 Å². The number of unbranched alkanes of at least 4 members (excludes halogenated alkanes) is 26. The molecular formula is C37H77BrN2O. The van der Waals surface area contributed by atoms with Crippen molar-refractivity contribution in [2.75, 3.05) is 27.2 Å². The smallest absolute Gasteiger partial charge is 0.240 e. The zero-order valence-corrected chi connectivity index (χ0v) is 30.4. The number of hydrogen-bond donors (Lipinski definition) is 1. The number of rotatable bonds is 31. The predicted octanol–water partition coefficient (Wildman–Crippen LogP) is 8.69. The van der Waals surface area contributed by atoms with Crippen LogP contribution in [-0.4, -0.2) is 37.6 Å². The van der Waals surface area contributed by atoms with Crippen LogP contribution < -0.4 is 22.7 Å². The van der Waals surface area contributed by atoms with Crippen molar-refractivity contribution in [3.8, 4) is 0 Å². The van der Waals surface area contributed by atoms with E-state index in [-0.39, 0.29) is 17.0 Å². The molecule has 0 unspecified atom stereocenters. The second-order valence-corrected chi connectivity index (χ2v) is 13.2. The van der Waals surface area contributed by atoms with Gasteiger partial charge >= 0.3 is 0 Å². The molecule has 0 radical (unpaired) electrons. The molecule has 0 aromatic heterocycles. The maximum Gasteiger partial charge on any atom is 0.240 e. The highest BCUT2D eigenvalue weighted by Crippen LogP contribution is 2.15. The van der Waals surface area contributed by atoms with Crippen molar-refractivity contribution in [2.24, 2.45) is 5.73 Å². The zero-order chi connectivity index (χ0) is 30.0. The molecule has 0 aliphatic carbocycles. The number of nitrogens with zero attached hydrogens (tertiary/aromatic N) is 1. The van der Waals surface area contributed by atoms with Gasteiger partial charge in [-0.25, -0.2) is 0 Å². The minimum atomic E-state index is -0.481. The standard InChI is InChI=1S/C34H72N.C3H5NO.BrH/c1-5-7-9-11-13-15-17-19-21-23-25-27-29-31-33-35(3,4)34-32-30-28-26-24-22-20-18-16-14-12-10-8-6-2;1-2-3(4)5;/h5-34H2,1-4H3;2H,1H2,(H2,4,5);1H/q+1;;/p-1. The van der Waals surface area contributed by atoms with Crippen LogP contribution in [0.4, 0.5) is 0 Å². The summed E-state index contributed by atoms with van der Waals surface area (Å²) >= 11 is 0. The third kappa shape index (κ3) is 44.2. The van der Waals surface area contributed by atoms with Crippen molar-refractivity contribution >= 4 is 5.91 Å². The topological polar surface area (TPSA) is 43.1 Å². The zero-order valence-electron chi connectivity index (χ0n) is 28.8. The van der Waals surface area contributed by atoms with Gasteiger partial charge in [-0.15, -0.1) is 0 Å². The number of primary amides is 1. The molecule has 3 nitrogen and oxygen atoms in total. The van der Waals surface area contributed by atoms with Crippen LogP contribution in [0.1, 0.15) is 194 Å². The number of carbonyl (C=O) groups is 1. The van der Waals surface area contributed by atoms with Crippen LogP contribution in [0, 0.1) is 0 Å². The van der Waals surface area contributed by atoms with Crippen molar-refractivity contribution < 1.29 is 26.3 Å². The average Bonchev–Trinajstić information content (AvgIpc) is 2.93. The molecule has 4 heteroatoms. The highest BCUT2D eigenvalue weighted by atomic mass is 79.9. The van der Waals surface area contributed by atoms with Gasteiger partial charge in [0, 0.05) is 0 Å². The lowest BCUT2D eigenvalue weighted by atomic mass is 10.0. The van der Waals surface area contributed by atoms with E-state index >= 15 is 0 Å². The first-order valence-electron chi connectivity index (χ1n) is 18.1. The molecule has 0 saturated heterocycles. The first kappa shape index (κ1) is 45.1. The van der Waals surface area contributed by atoms with E-state index in [2.05, 4.69) is 40.3 Å². The number of hydrogen-bond acceptors (Lipinski definition) is 1. The van der Waals surface area contributed by atoms with Gasteiger partial charge in [-0.05, 0) is 31.8 Å². The normalized spacial score (nSPS) is 11.0. The molecule has 41 heavy (non-hydrogen) atoms. The van der Waals surface area contributed by atoms with Gasteiger partial charge in [-0.3, -0.25) is 4.79 Å². The van der Waals surface area contributed by atoms with E-state index in [1.807, 2.05) is 0 Å². The SMILES string of the molecule is C=CC(N)=O.CCCCCCCCCCCCCCCC[N+](C)(C)CCCCCCCCCCCCCCCC.[Br-]. The first-order valence-corrected chi connectivity index (χ1v) is 18.1. The summed E-state index contributed by atoms with van der Waals surface area (Å²) in [5, 5.41) is 0. The molecule has 0 saturated carbocycles. The van der Waals surface area contributed by atoms with E-state index in [9.17, 15) is 4.79 Å². The fourth-order valence-corrected chi connectivity index (χ4v) is 5.58. The predicted molar refractivity (Wildman–Crippen MR) is 182 cm³/mol. The maximum absolute atomic E-state index is 9.47. The summed E-state index contributed by atoms with van der Waals surface area (Å²) < 4.78 is 1.25. The number of amides is 1. The van der Waals surface area contributed by atoms with Crippen molar-refractivity contribution in [3.63, 3.8) is 0 Å². The Hall–Kier alpha value is -0.350. The third-order valence-corrected chi connectivity index (χ3v) is 8.44. The third-order valence-electron chi connectivity index (χ3n) is 8.44. The number of halogens is 1. The first-order chi connectivity index (χ1) is 19.4. The summed E-state index contributed by atoms with van der Waals surface area (Å²) in [5.41, 5.74) is 4.53. The Labute approximate surface area is 270 Å². The second-order valence-electron chi connectivity index (χ2n) is 13.2. The molecule has 0 bridgehead atoms. The lowest BCUT2D eigenvalue weighted by Crippen LogP contribution is -3.00. The Balaban J connectivity index is -0.00000220. The molecule has 0 atom stereocenters. The van der Waals surface area contributed by atoms with E-state index in [0.717, 1.165) is 6.08 Å². The molecule has 0 heterocycles. The summed E-state index contributed by atoms with van der Waals surface area (Å²) in [5.74, 6) is -0.481. The lowest BCUT2D eigenvalue weighted by Gasteiger charge is -2.30. The minimum absolute atomic E-state index is 0. The Kier molecular flexibility index (Phi) is 41.4. The summed E-state index contributed by atoms with van der Waals surface area (Å²) in [7, 11) is 4.93. The van der Waals surface area contributed by atoms with E-state index in [1.54, 1.807) is 0 Å². The molecule has 0 aliphatic rings. The van der Waals surface area contributed by atoms with Gasteiger partial charge in [0.2, 0.25) is 5.91 Å². The van der Waals surface area contributed by atoms with Crippen molar-refractivity contribution in [1.29, 1.82) is 0 Å². The fraction of sp³-hybridized carbons (Fsp3) is 0.919.